The fourth-order valence-electron chi connectivity index (χ4n) is 2.99. The van der Waals surface area contributed by atoms with Crippen molar-refractivity contribution in [2.45, 2.75) is 25.4 Å². The van der Waals surface area contributed by atoms with E-state index in [0.717, 1.165) is 19.4 Å². The lowest BCUT2D eigenvalue weighted by molar-refractivity contribution is 0.0508. The second-order valence-corrected chi connectivity index (χ2v) is 6.03. The summed E-state index contributed by atoms with van der Waals surface area (Å²) >= 11 is 0. The third-order valence-electron chi connectivity index (χ3n) is 4.27. The summed E-state index contributed by atoms with van der Waals surface area (Å²) in [7, 11) is 0. The number of primary amides is 1. The number of hydrogen-bond acceptors (Lipinski definition) is 3. The minimum atomic E-state index is -0.781. The molecule has 120 valence electrons. The van der Waals surface area contributed by atoms with Gasteiger partial charge >= 0.3 is 6.09 Å². The smallest absolute Gasteiger partial charge is 0.409 e. The van der Waals surface area contributed by atoms with E-state index in [0.29, 0.717) is 24.2 Å². The fourth-order valence-corrected chi connectivity index (χ4v) is 2.99. The second-order valence-electron chi connectivity index (χ2n) is 6.03. The van der Waals surface area contributed by atoms with Crippen molar-refractivity contribution >= 4 is 6.09 Å². The molecule has 0 aromatic heterocycles. The van der Waals surface area contributed by atoms with Gasteiger partial charge in [0.25, 0.3) is 0 Å². The van der Waals surface area contributed by atoms with Gasteiger partial charge in [0, 0.05) is 6.61 Å². The van der Waals surface area contributed by atoms with Crippen LogP contribution < -0.4 is 10.5 Å². The highest BCUT2D eigenvalue weighted by atomic mass is 16.5. The summed E-state index contributed by atoms with van der Waals surface area (Å²) in [6.45, 7) is 1.50. The van der Waals surface area contributed by atoms with Crippen molar-refractivity contribution in [3.05, 3.63) is 65.7 Å². The van der Waals surface area contributed by atoms with Crippen molar-refractivity contribution in [3.8, 4) is 5.75 Å². The highest BCUT2D eigenvalue weighted by Crippen LogP contribution is 2.42. The van der Waals surface area contributed by atoms with Gasteiger partial charge < -0.3 is 15.2 Å². The number of amides is 1. The minimum absolute atomic E-state index is 0.489. The van der Waals surface area contributed by atoms with Gasteiger partial charge in [-0.3, -0.25) is 0 Å². The monoisotopic (exact) mass is 311 g/mol. The summed E-state index contributed by atoms with van der Waals surface area (Å²) in [4.78, 5) is 10.7. The standard InChI is InChI=1S/C19H21NO3/c20-19(21)23-18-8-6-16(7-9-18)17-10-15(11-17)13-22-12-14-4-2-1-3-5-14/h1-9,15,17H,10-13H2,(H2,20,21). The van der Waals surface area contributed by atoms with E-state index in [9.17, 15) is 4.79 Å². The van der Waals surface area contributed by atoms with Crippen molar-refractivity contribution in [1.29, 1.82) is 0 Å². The van der Waals surface area contributed by atoms with Crippen molar-refractivity contribution in [1.82, 2.24) is 0 Å². The summed E-state index contributed by atoms with van der Waals surface area (Å²) in [6, 6.07) is 17.8. The predicted octanol–water partition coefficient (Wildman–Crippen LogP) is 3.85. The van der Waals surface area contributed by atoms with Gasteiger partial charge in [-0.05, 0) is 47.9 Å². The molecule has 1 fully saturated rings. The molecular formula is C19H21NO3. The van der Waals surface area contributed by atoms with Gasteiger partial charge in [-0.15, -0.1) is 0 Å². The summed E-state index contributed by atoms with van der Waals surface area (Å²) in [5, 5.41) is 0. The molecule has 0 radical (unpaired) electrons. The molecule has 0 atom stereocenters. The van der Waals surface area contributed by atoms with Gasteiger partial charge in [-0.25, -0.2) is 4.79 Å². The second kappa shape index (κ2) is 7.29. The van der Waals surface area contributed by atoms with Crippen LogP contribution in [0, 0.1) is 5.92 Å². The van der Waals surface area contributed by atoms with E-state index in [1.54, 1.807) is 12.1 Å². The molecule has 0 aliphatic heterocycles. The summed E-state index contributed by atoms with van der Waals surface area (Å²) in [5.74, 6) is 1.69. The van der Waals surface area contributed by atoms with E-state index in [1.165, 1.54) is 11.1 Å². The van der Waals surface area contributed by atoms with Crippen LogP contribution in [0.3, 0.4) is 0 Å². The maximum absolute atomic E-state index is 10.7. The normalized spacial score (nSPS) is 19.8. The summed E-state index contributed by atoms with van der Waals surface area (Å²) < 4.78 is 10.6. The first-order chi connectivity index (χ1) is 11.2. The first-order valence-electron chi connectivity index (χ1n) is 7.89. The van der Waals surface area contributed by atoms with E-state index < -0.39 is 6.09 Å². The van der Waals surface area contributed by atoms with Crippen molar-refractivity contribution in [2.24, 2.45) is 11.7 Å². The molecule has 2 N–H and O–H groups in total. The molecule has 4 nitrogen and oxygen atoms in total. The molecule has 0 saturated heterocycles. The molecule has 2 aromatic rings. The van der Waals surface area contributed by atoms with E-state index in [2.05, 4.69) is 12.1 Å². The molecule has 4 heteroatoms. The van der Waals surface area contributed by atoms with Crippen LogP contribution in [0.2, 0.25) is 0 Å². The summed E-state index contributed by atoms with van der Waals surface area (Å²) in [5.41, 5.74) is 7.49. The van der Waals surface area contributed by atoms with Crippen LogP contribution in [0.4, 0.5) is 4.79 Å². The Morgan fingerprint density at radius 1 is 1.04 bits per heavy atom. The first kappa shape index (κ1) is 15.6. The SMILES string of the molecule is NC(=O)Oc1ccc(C2CC(COCc3ccccc3)C2)cc1. The van der Waals surface area contributed by atoms with Crippen LogP contribution in [0.5, 0.6) is 5.75 Å². The Kier molecular flexibility index (Phi) is 4.93. The van der Waals surface area contributed by atoms with Gasteiger partial charge in [0.05, 0.1) is 6.61 Å². The maximum atomic E-state index is 10.7. The number of carbonyl (C=O) groups excluding carboxylic acids is 1. The van der Waals surface area contributed by atoms with E-state index in [4.69, 9.17) is 15.2 Å². The predicted molar refractivity (Wildman–Crippen MR) is 88.2 cm³/mol. The quantitative estimate of drug-likeness (QED) is 0.881. The van der Waals surface area contributed by atoms with Gasteiger partial charge in [0.1, 0.15) is 5.75 Å². The van der Waals surface area contributed by atoms with E-state index in [-0.39, 0.29) is 0 Å². The molecule has 1 saturated carbocycles. The minimum Gasteiger partial charge on any atom is -0.411 e. The van der Waals surface area contributed by atoms with Crippen molar-refractivity contribution in [2.75, 3.05) is 6.61 Å². The molecule has 3 rings (SSSR count). The zero-order valence-electron chi connectivity index (χ0n) is 13.0. The fraction of sp³-hybridized carbons (Fsp3) is 0.316. The van der Waals surface area contributed by atoms with E-state index in [1.807, 2.05) is 30.3 Å². The molecule has 0 spiro atoms. The molecular weight excluding hydrogens is 290 g/mol. The Hall–Kier alpha value is -2.33. The van der Waals surface area contributed by atoms with Crippen LogP contribution >= 0.6 is 0 Å². The highest BCUT2D eigenvalue weighted by Gasteiger charge is 2.30. The number of carbonyl (C=O) groups is 1. The van der Waals surface area contributed by atoms with Crippen LogP contribution in [-0.2, 0) is 11.3 Å². The Labute approximate surface area is 136 Å². The van der Waals surface area contributed by atoms with Gasteiger partial charge in [-0.1, -0.05) is 42.5 Å². The van der Waals surface area contributed by atoms with Crippen LogP contribution in [0.15, 0.2) is 54.6 Å². The van der Waals surface area contributed by atoms with Crippen LogP contribution in [0.25, 0.3) is 0 Å². The zero-order valence-corrected chi connectivity index (χ0v) is 13.0. The molecule has 0 bridgehead atoms. The molecule has 1 aliphatic carbocycles. The Morgan fingerprint density at radius 2 is 1.74 bits per heavy atom. The molecule has 0 unspecified atom stereocenters. The van der Waals surface area contributed by atoms with Crippen LogP contribution in [-0.4, -0.2) is 12.7 Å². The van der Waals surface area contributed by atoms with E-state index >= 15 is 0 Å². The Morgan fingerprint density at radius 3 is 2.39 bits per heavy atom. The number of rotatable bonds is 6. The molecule has 1 aliphatic rings. The first-order valence-corrected chi connectivity index (χ1v) is 7.89. The number of nitrogens with two attached hydrogens (primary N) is 1. The zero-order chi connectivity index (χ0) is 16.1. The average molecular weight is 311 g/mol. The van der Waals surface area contributed by atoms with Crippen LogP contribution in [0.1, 0.15) is 29.9 Å². The maximum Gasteiger partial charge on any atom is 0.409 e. The van der Waals surface area contributed by atoms with Gasteiger partial charge in [-0.2, -0.15) is 0 Å². The van der Waals surface area contributed by atoms with Crippen molar-refractivity contribution < 1.29 is 14.3 Å². The molecule has 2 aromatic carbocycles. The van der Waals surface area contributed by atoms with Gasteiger partial charge in [0.15, 0.2) is 0 Å². The Balaban J connectivity index is 1.39. The largest absolute Gasteiger partial charge is 0.411 e. The number of ether oxygens (including phenoxy) is 2. The molecule has 0 heterocycles. The lowest BCUT2D eigenvalue weighted by Crippen LogP contribution is -2.26. The van der Waals surface area contributed by atoms with Gasteiger partial charge in [0.2, 0.25) is 0 Å². The molecule has 1 amide bonds. The van der Waals surface area contributed by atoms with Crippen molar-refractivity contribution in [3.63, 3.8) is 0 Å². The summed E-state index contributed by atoms with van der Waals surface area (Å²) in [6.07, 6.45) is 1.51. The topological polar surface area (TPSA) is 61.6 Å². The highest BCUT2D eigenvalue weighted by molar-refractivity contribution is 5.68. The average Bonchev–Trinajstić information content (AvgIpc) is 2.51. The lowest BCUT2D eigenvalue weighted by Gasteiger charge is -2.35. The Bertz CT molecular complexity index is 633. The molecule has 23 heavy (non-hydrogen) atoms. The number of benzene rings is 2. The third-order valence-corrected chi connectivity index (χ3v) is 4.27. The number of hydrogen-bond donors (Lipinski definition) is 1. The lowest BCUT2D eigenvalue weighted by atomic mass is 9.72. The third kappa shape index (κ3) is 4.33.